The van der Waals surface area contributed by atoms with Gasteiger partial charge in [0.05, 0.1) is 32.3 Å². The van der Waals surface area contributed by atoms with Crippen molar-refractivity contribution >= 4 is 98.4 Å². The van der Waals surface area contributed by atoms with Crippen molar-refractivity contribution in [2.45, 2.75) is 23.6 Å². The van der Waals surface area contributed by atoms with E-state index in [0.29, 0.717) is 33.6 Å². The normalized spacial score (nSPS) is 15.8. The van der Waals surface area contributed by atoms with Crippen LogP contribution in [0.15, 0.2) is 90.5 Å². The average Bonchev–Trinajstić information content (AvgIpc) is 3.09. The van der Waals surface area contributed by atoms with Crippen molar-refractivity contribution < 1.29 is 91.0 Å². The standard InChI is InChI=1S/C34H28N6O14S4.Na/c1-15-7-17(3-5-25(15)37-39-31-27(57(49,50)51)11-19-9-21(55(43,44)45)13-23(35)29(19)33(31)41)18-4-6-26(16(2)8-18)38-40-32-28(58(52,53)54)12-20-10-22(56(46,47)48)14-24(36)30(20)34(32)42;/h3-14,37-38H,35-36H2,1-2H3,(H,43,44,45)(H,46,47,48)(H,49,50,51)(H,52,53,54);/q;+1/b39-31-,40-32+;. The van der Waals surface area contributed by atoms with E-state index >= 15 is 0 Å². The van der Waals surface area contributed by atoms with E-state index in [1.165, 1.54) is 0 Å². The van der Waals surface area contributed by atoms with Gasteiger partial charge < -0.3 is 11.5 Å². The number of benzene rings is 4. The smallest absolute Gasteiger partial charge is 0.398 e. The van der Waals surface area contributed by atoms with Crippen LogP contribution in [-0.2, 0) is 40.5 Å². The van der Waals surface area contributed by atoms with E-state index in [0.717, 1.165) is 36.4 Å². The van der Waals surface area contributed by atoms with E-state index < -0.39 is 94.4 Å². The number of hydrogen-bond acceptors (Lipinski definition) is 16. The van der Waals surface area contributed by atoms with Gasteiger partial charge in [-0.25, -0.2) is 0 Å². The maximum atomic E-state index is 13.4. The molecule has 4 aromatic carbocycles. The van der Waals surface area contributed by atoms with Crippen molar-refractivity contribution in [3.8, 4) is 11.1 Å². The van der Waals surface area contributed by atoms with Crippen LogP contribution in [0.1, 0.15) is 43.0 Å². The van der Waals surface area contributed by atoms with Gasteiger partial charge in [-0.1, -0.05) is 12.1 Å². The second-order valence-electron chi connectivity index (χ2n) is 12.7. The maximum absolute atomic E-state index is 13.4. The molecule has 2 aliphatic rings. The minimum absolute atomic E-state index is 0. The summed E-state index contributed by atoms with van der Waals surface area (Å²) in [6, 6.07) is 13.0. The van der Waals surface area contributed by atoms with Gasteiger partial charge in [-0.05, 0) is 108 Å². The van der Waals surface area contributed by atoms with Crippen molar-refractivity contribution in [2.75, 3.05) is 22.3 Å². The fourth-order valence-electron chi connectivity index (χ4n) is 6.02. The van der Waals surface area contributed by atoms with Gasteiger partial charge in [0.2, 0.25) is 11.6 Å². The molecule has 25 heteroatoms. The number of nitrogens with one attached hydrogen (secondary N) is 2. The summed E-state index contributed by atoms with van der Waals surface area (Å²) in [4.78, 5) is 23.4. The van der Waals surface area contributed by atoms with E-state index in [9.17, 15) is 61.5 Å². The van der Waals surface area contributed by atoms with Crippen molar-refractivity contribution in [1.29, 1.82) is 0 Å². The van der Waals surface area contributed by atoms with Crippen LogP contribution in [0.4, 0.5) is 22.7 Å². The van der Waals surface area contributed by atoms with E-state index in [2.05, 4.69) is 21.1 Å². The number of fused-ring (bicyclic) bond motifs is 2. The molecule has 0 saturated carbocycles. The van der Waals surface area contributed by atoms with Gasteiger partial charge in [0.1, 0.15) is 9.81 Å². The number of allylic oxidation sites excluding steroid dienone is 2. The van der Waals surface area contributed by atoms with Gasteiger partial charge in [-0.2, -0.15) is 43.9 Å². The summed E-state index contributed by atoms with van der Waals surface area (Å²) in [6.45, 7) is 3.32. The monoisotopic (exact) mass is 895 g/mol. The van der Waals surface area contributed by atoms with Gasteiger partial charge in [-0.15, -0.1) is 0 Å². The van der Waals surface area contributed by atoms with Crippen LogP contribution in [-0.4, -0.2) is 74.9 Å². The number of nitrogens with two attached hydrogens (primary N) is 2. The summed E-state index contributed by atoms with van der Waals surface area (Å²) >= 11 is 0. The molecule has 0 unspecified atom stereocenters. The van der Waals surface area contributed by atoms with Gasteiger partial charge >= 0.3 is 29.6 Å². The number of ketones is 2. The van der Waals surface area contributed by atoms with Crippen LogP contribution < -0.4 is 51.9 Å². The summed E-state index contributed by atoms with van der Waals surface area (Å²) in [5.74, 6) is -2.14. The molecule has 0 aliphatic heterocycles. The first kappa shape index (κ1) is 45.0. The molecule has 0 amide bonds. The van der Waals surface area contributed by atoms with Gasteiger partial charge in [0.15, 0.2) is 11.4 Å². The van der Waals surface area contributed by atoms with Crippen LogP contribution in [0.3, 0.4) is 0 Å². The molecule has 0 bridgehead atoms. The third-order valence-corrected chi connectivity index (χ3v) is 12.2. The molecule has 59 heavy (non-hydrogen) atoms. The zero-order valence-corrected chi connectivity index (χ0v) is 35.7. The number of carbonyl (C=O) groups excluding carboxylic acids is 2. The third-order valence-electron chi connectivity index (χ3n) is 8.78. The second-order valence-corrected chi connectivity index (χ2v) is 18.4. The molecule has 0 atom stereocenters. The molecular formula is C34H28N6NaO14S4+. The summed E-state index contributed by atoms with van der Waals surface area (Å²) in [7, 11) is -19.8. The number of Topliss-reactive ketones (excluding diaryl/α,β-unsaturated/α-hetero) is 2. The third kappa shape index (κ3) is 9.07. The molecule has 0 heterocycles. The van der Waals surface area contributed by atoms with Crippen molar-refractivity contribution in [2.24, 2.45) is 10.2 Å². The summed E-state index contributed by atoms with van der Waals surface area (Å²) in [5.41, 5.74) is 16.3. The Morgan fingerprint density at radius 3 is 1.15 bits per heavy atom. The van der Waals surface area contributed by atoms with Gasteiger partial charge in [0.25, 0.3) is 40.5 Å². The number of aryl methyl sites for hydroxylation is 2. The van der Waals surface area contributed by atoms with E-state index in [4.69, 9.17) is 11.5 Å². The average molecular weight is 896 g/mol. The Morgan fingerprint density at radius 2 is 0.864 bits per heavy atom. The molecule has 302 valence electrons. The molecule has 0 radical (unpaired) electrons. The summed E-state index contributed by atoms with van der Waals surface area (Å²) in [6.07, 6.45) is 1.58. The number of nitrogens with zero attached hydrogens (tertiary/aromatic N) is 2. The topological polar surface area (TPSA) is 352 Å². The number of anilines is 4. The molecule has 0 fully saturated rings. The Bertz CT molecular complexity index is 2930. The van der Waals surface area contributed by atoms with Crippen LogP contribution in [0, 0.1) is 13.8 Å². The molecule has 0 aromatic heterocycles. The van der Waals surface area contributed by atoms with E-state index in [1.807, 2.05) is 0 Å². The minimum Gasteiger partial charge on any atom is -0.398 e. The number of hydrazone groups is 2. The molecule has 2 aliphatic carbocycles. The SMILES string of the molecule is Cc1cc(-c2ccc(N/N=C3\C(=O)c4c(N)cc(S(=O)(=O)O)cc4C=C3S(=O)(=O)O)c(C)c2)ccc1N/N=C1/C(=O)c2c(N)cc(S(=O)(=O)O)cc2C=C1S(=O)(=O)O.[Na+]. The summed E-state index contributed by atoms with van der Waals surface area (Å²) in [5, 5.41) is 7.88. The molecule has 10 N–H and O–H groups in total. The zero-order chi connectivity index (χ0) is 42.9. The first-order valence-electron chi connectivity index (χ1n) is 16.0. The fraction of sp³-hybridized carbons (Fsp3) is 0.0588. The second kappa shape index (κ2) is 15.8. The summed E-state index contributed by atoms with van der Waals surface area (Å²) < 4.78 is 134. The Kier molecular flexibility index (Phi) is 12.1. The number of hydrogen-bond donors (Lipinski definition) is 8. The Labute approximate surface area is 358 Å². The molecule has 4 aromatic rings. The van der Waals surface area contributed by atoms with E-state index in [1.54, 1.807) is 50.2 Å². The Balaban J connectivity index is 0.00000661. The molecule has 0 spiro atoms. The molecular weight excluding hydrogens is 868 g/mol. The van der Waals surface area contributed by atoms with Crippen molar-refractivity contribution in [1.82, 2.24) is 0 Å². The Morgan fingerprint density at radius 1 is 0.525 bits per heavy atom. The van der Waals surface area contributed by atoms with Crippen LogP contribution >= 0.6 is 0 Å². The molecule has 0 saturated heterocycles. The fourth-order valence-corrected chi connectivity index (χ4v) is 8.44. The molecule has 6 rings (SSSR count). The quantitative estimate of drug-likeness (QED) is 0.0488. The maximum Gasteiger partial charge on any atom is 1.00 e. The van der Waals surface area contributed by atoms with Gasteiger partial charge in [-0.3, -0.25) is 38.7 Å². The van der Waals surface area contributed by atoms with Crippen molar-refractivity contribution in [3.05, 3.63) is 104 Å². The number of nitrogen functional groups attached to an aromatic ring is 2. The predicted octanol–water partition coefficient (Wildman–Crippen LogP) is 0.418. The first-order chi connectivity index (χ1) is 26.8. The zero-order valence-electron chi connectivity index (χ0n) is 30.5. The minimum atomic E-state index is -5.10. The van der Waals surface area contributed by atoms with Crippen LogP contribution in [0.5, 0.6) is 0 Å². The predicted molar refractivity (Wildman–Crippen MR) is 213 cm³/mol. The first-order valence-corrected chi connectivity index (χ1v) is 21.7. The Hall–Kier alpha value is -5.12. The number of carbonyl (C=O) groups is 2. The number of rotatable bonds is 9. The van der Waals surface area contributed by atoms with Crippen LogP contribution in [0.25, 0.3) is 23.3 Å². The van der Waals surface area contributed by atoms with Crippen LogP contribution in [0.2, 0.25) is 0 Å². The van der Waals surface area contributed by atoms with E-state index in [-0.39, 0.29) is 51.8 Å². The largest absolute Gasteiger partial charge is 1.00 e. The van der Waals surface area contributed by atoms with Crippen molar-refractivity contribution in [3.63, 3.8) is 0 Å². The molecule has 20 nitrogen and oxygen atoms in total. The van der Waals surface area contributed by atoms with Gasteiger partial charge in [0, 0.05) is 11.4 Å².